The van der Waals surface area contributed by atoms with Crippen LogP contribution in [-0.4, -0.2) is 25.5 Å². The van der Waals surface area contributed by atoms with E-state index in [1.807, 2.05) is 0 Å². The molecule has 1 saturated carbocycles. The third kappa shape index (κ3) is 2.81. The van der Waals surface area contributed by atoms with E-state index >= 15 is 0 Å². The van der Waals surface area contributed by atoms with Crippen molar-refractivity contribution in [2.24, 2.45) is 0 Å². The number of aliphatic hydroxyl groups is 1. The Bertz CT molecular complexity index is 675. The van der Waals surface area contributed by atoms with Crippen LogP contribution >= 0.6 is 0 Å². The number of hydrogen-bond acceptors (Lipinski definition) is 3. The average Bonchev–Trinajstić information content (AvgIpc) is 3.10. The van der Waals surface area contributed by atoms with Gasteiger partial charge in [-0.2, -0.15) is 13.2 Å². The fourth-order valence-electron chi connectivity index (χ4n) is 3.07. The van der Waals surface area contributed by atoms with Crippen molar-refractivity contribution in [2.45, 2.75) is 48.8 Å². The SMILES string of the molecule is O=S(=O)(CC(F)(F)F)c1ccc(C2CC2)c2c1C(O)CC2. The van der Waals surface area contributed by atoms with Crippen molar-refractivity contribution in [1.82, 2.24) is 0 Å². The van der Waals surface area contributed by atoms with Gasteiger partial charge >= 0.3 is 6.18 Å². The lowest BCUT2D eigenvalue weighted by atomic mass is 9.99. The van der Waals surface area contributed by atoms with E-state index in [0.717, 1.165) is 24.0 Å². The van der Waals surface area contributed by atoms with Crippen molar-refractivity contribution < 1.29 is 26.7 Å². The quantitative estimate of drug-likeness (QED) is 0.932. The molecule has 0 heterocycles. The van der Waals surface area contributed by atoms with Crippen molar-refractivity contribution in [1.29, 1.82) is 0 Å². The molecule has 0 aromatic heterocycles. The normalized spacial score (nSPS) is 22.4. The molecule has 116 valence electrons. The summed E-state index contributed by atoms with van der Waals surface area (Å²) in [6.45, 7) is 0. The summed E-state index contributed by atoms with van der Waals surface area (Å²) in [4.78, 5) is -0.357. The molecule has 3 nitrogen and oxygen atoms in total. The number of benzene rings is 1. The maximum atomic E-state index is 12.5. The second-order valence-electron chi connectivity index (χ2n) is 5.75. The molecule has 2 aliphatic carbocycles. The van der Waals surface area contributed by atoms with Crippen LogP contribution in [0.3, 0.4) is 0 Å². The summed E-state index contributed by atoms with van der Waals surface area (Å²) in [5.41, 5.74) is 1.93. The summed E-state index contributed by atoms with van der Waals surface area (Å²) in [7, 11) is -4.48. The third-order valence-electron chi connectivity index (χ3n) is 4.06. The minimum Gasteiger partial charge on any atom is -0.388 e. The molecule has 0 amide bonds. The van der Waals surface area contributed by atoms with E-state index in [1.165, 1.54) is 6.07 Å². The molecule has 0 saturated heterocycles. The van der Waals surface area contributed by atoms with Crippen molar-refractivity contribution in [3.63, 3.8) is 0 Å². The highest BCUT2D eigenvalue weighted by Crippen LogP contribution is 2.47. The standard InChI is InChI=1S/C14H15F3O3S/c15-14(16,17)7-21(19,20)12-6-4-9(8-1-2-8)10-3-5-11(18)13(10)12/h4,6,8,11,18H,1-3,5,7H2. The fraction of sp³-hybridized carbons (Fsp3) is 0.571. The van der Waals surface area contributed by atoms with Gasteiger partial charge in [0, 0.05) is 5.56 Å². The van der Waals surface area contributed by atoms with Crippen LogP contribution in [0.1, 0.15) is 48.0 Å². The Morgan fingerprint density at radius 3 is 2.43 bits per heavy atom. The van der Waals surface area contributed by atoms with Gasteiger partial charge in [-0.15, -0.1) is 0 Å². The highest BCUT2D eigenvalue weighted by Gasteiger charge is 2.40. The van der Waals surface area contributed by atoms with Crippen LogP contribution in [0.4, 0.5) is 13.2 Å². The first kappa shape index (κ1) is 14.8. The first-order chi connectivity index (χ1) is 9.69. The van der Waals surface area contributed by atoms with E-state index in [1.54, 1.807) is 6.07 Å². The summed E-state index contributed by atoms with van der Waals surface area (Å²) < 4.78 is 61.4. The van der Waals surface area contributed by atoms with Crippen molar-refractivity contribution in [3.8, 4) is 0 Å². The highest BCUT2D eigenvalue weighted by molar-refractivity contribution is 7.91. The van der Waals surface area contributed by atoms with E-state index in [2.05, 4.69) is 0 Å². The zero-order valence-electron chi connectivity index (χ0n) is 11.2. The van der Waals surface area contributed by atoms with Crippen molar-refractivity contribution in [2.75, 3.05) is 5.75 Å². The average molecular weight is 320 g/mol. The molecule has 0 spiro atoms. The van der Waals surface area contributed by atoms with Crippen LogP contribution in [0.15, 0.2) is 17.0 Å². The summed E-state index contributed by atoms with van der Waals surface area (Å²) in [6, 6.07) is 2.86. The molecule has 7 heteroatoms. The number of aliphatic hydroxyl groups excluding tert-OH is 1. The van der Waals surface area contributed by atoms with Gasteiger partial charge in [0.2, 0.25) is 0 Å². The summed E-state index contributed by atoms with van der Waals surface area (Å²) in [6.07, 6.45) is -2.86. The van der Waals surface area contributed by atoms with Gasteiger partial charge < -0.3 is 5.11 Å². The first-order valence-corrected chi connectivity index (χ1v) is 8.47. The Morgan fingerprint density at radius 1 is 1.19 bits per heavy atom. The number of halogens is 3. The van der Waals surface area contributed by atoms with Crippen LogP contribution < -0.4 is 0 Å². The number of rotatable bonds is 3. The topological polar surface area (TPSA) is 54.4 Å². The number of sulfone groups is 1. The first-order valence-electron chi connectivity index (χ1n) is 6.82. The molecule has 1 aromatic carbocycles. The lowest BCUT2D eigenvalue weighted by Crippen LogP contribution is -2.24. The van der Waals surface area contributed by atoms with Crippen LogP contribution in [-0.2, 0) is 16.3 Å². The van der Waals surface area contributed by atoms with Gasteiger partial charge in [-0.25, -0.2) is 8.42 Å². The predicted octanol–water partition coefficient (Wildman–Crippen LogP) is 2.88. The highest BCUT2D eigenvalue weighted by atomic mass is 32.2. The molecule has 0 radical (unpaired) electrons. The summed E-state index contributed by atoms with van der Waals surface area (Å²) in [5.74, 6) is -1.52. The molecule has 1 aromatic rings. The van der Waals surface area contributed by atoms with Gasteiger partial charge in [0.1, 0.15) is 0 Å². The molecule has 0 bridgehead atoms. The third-order valence-corrected chi connectivity index (χ3v) is 5.79. The maximum absolute atomic E-state index is 12.5. The number of fused-ring (bicyclic) bond motifs is 1. The number of alkyl halides is 3. The molecular weight excluding hydrogens is 305 g/mol. The van der Waals surface area contributed by atoms with E-state index in [-0.39, 0.29) is 10.5 Å². The lowest BCUT2D eigenvalue weighted by Gasteiger charge is -2.16. The minimum absolute atomic E-state index is 0.198. The molecule has 21 heavy (non-hydrogen) atoms. The van der Waals surface area contributed by atoms with E-state index in [0.29, 0.717) is 18.8 Å². The Hall–Kier alpha value is -1.08. The molecule has 2 aliphatic rings. The number of hydrogen-bond donors (Lipinski definition) is 1. The Morgan fingerprint density at radius 2 is 1.86 bits per heavy atom. The minimum atomic E-state index is -4.79. The molecule has 3 rings (SSSR count). The maximum Gasteiger partial charge on any atom is 0.403 e. The Kier molecular flexibility index (Phi) is 3.33. The predicted molar refractivity (Wildman–Crippen MR) is 69.8 cm³/mol. The smallest absolute Gasteiger partial charge is 0.388 e. The van der Waals surface area contributed by atoms with E-state index in [4.69, 9.17) is 0 Å². The second kappa shape index (κ2) is 4.71. The van der Waals surface area contributed by atoms with Crippen LogP contribution in [0.5, 0.6) is 0 Å². The zero-order valence-corrected chi connectivity index (χ0v) is 12.0. The zero-order chi connectivity index (χ0) is 15.4. The van der Waals surface area contributed by atoms with Crippen LogP contribution in [0.2, 0.25) is 0 Å². The fourth-order valence-corrected chi connectivity index (χ4v) is 4.53. The van der Waals surface area contributed by atoms with E-state index in [9.17, 15) is 26.7 Å². The molecule has 1 unspecified atom stereocenters. The Labute approximate surface area is 120 Å². The van der Waals surface area contributed by atoms with Crippen molar-refractivity contribution >= 4 is 9.84 Å². The van der Waals surface area contributed by atoms with Crippen molar-refractivity contribution in [3.05, 3.63) is 28.8 Å². The summed E-state index contributed by atoms with van der Waals surface area (Å²) >= 11 is 0. The Balaban J connectivity index is 2.10. The van der Waals surface area contributed by atoms with Gasteiger partial charge in [0.25, 0.3) is 0 Å². The van der Waals surface area contributed by atoms with Crippen LogP contribution in [0, 0.1) is 0 Å². The molecular formula is C14H15F3O3S. The lowest BCUT2D eigenvalue weighted by molar-refractivity contribution is -0.106. The largest absolute Gasteiger partial charge is 0.403 e. The van der Waals surface area contributed by atoms with Gasteiger partial charge in [0.15, 0.2) is 15.6 Å². The van der Waals surface area contributed by atoms with E-state index < -0.39 is 27.9 Å². The van der Waals surface area contributed by atoms with Gasteiger partial charge in [-0.3, -0.25) is 0 Å². The van der Waals surface area contributed by atoms with Gasteiger partial charge in [0.05, 0.1) is 11.0 Å². The summed E-state index contributed by atoms with van der Waals surface area (Å²) in [5, 5.41) is 10.0. The second-order valence-corrected chi connectivity index (χ2v) is 7.71. The van der Waals surface area contributed by atoms with Gasteiger partial charge in [-0.1, -0.05) is 6.07 Å². The molecule has 1 N–H and O–H groups in total. The van der Waals surface area contributed by atoms with Crippen LogP contribution in [0.25, 0.3) is 0 Å². The molecule has 1 atom stereocenters. The molecule has 1 fully saturated rings. The van der Waals surface area contributed by atoms with Gasteiger partial charge in [-0.05, 0) is 48.8 Å². The molecule has 0 aliphatic heterocycles. The monoisotopic (exact) mass is 320 g/mol.